The lowest BCUT2D eigenvalue weighted by atomic mass is 9.93. The first-order valence-corrected chi connectivity index (χ1v) is 10.0. The number of hydrogen-bond donors (Lipinski definition) is 4. The lowest BCUT2D eigenvalue weighted by molar-refractivity contribution is 0.0306. The van der Waals surface area contributed by atoms with Gasteiger partial charge in [0.05, 0.1) is 12.1 Å². The summed E-state index contributed by atoms with van der Waals surface area (Å²) >= 11 is 0. The van der Waals surface area contributed by atoms with Crippen LogP contribution in [0.1, 0.15) is 59.3 Å². The van der Waals surface area contributed by atoms with Gasteiger partial charge in [0.1, 0.15) is 5.82 Å². The molecule has 0 aliphatic heterocycles. The molecule has 6 nitrogen and oxygen atoms in total. The van der Waals surface area contributed by atoms with Crippen LogP contribution in [0.25, 0.3) is 0 Å². The van der Waals surface area contributed by atoms with Crippen LogP contribution in [0.2, 0.25) is 0 Å². The highest BCUT2D eigenvalue weighted by molar-refractivity contribution is 5.79. The van der Waals surface area contributed by atoms with E-state index in [1.807, 2.05) is 18.2 Å². The summed E-state index contributed by atoms with van der Waals surface area (Å²) in [6, 6.07) is 5.87. The fourth-order valence-corrected chi connectivity index (χ4v) is 2.92. The number of aliphatic hydroxyl groups is 1. The number of rotatable bonds is 13. The van der Waals surface area contributed by atoms with Crippen molar-refractivity contribution in [3.05, 3.63) is 24.4 Å². The van der Waals surface area contributed by atoms with Gasteiger partial charge in [0.15, 0.2) is 5.96 Å². The number of unbranched alkanes of at least 4 members (excludes halogenated alkanes) is 1. The number of anilines is 1. The zero-order valence-corrected chi connectivity index (χ0v) is 16.7. The number of pyridine rings is 1. The van der Waals surface area contributed by atoms with Gasteiger partial charge in [-0.1, -0.05) is 32.8 Å². The quantitative estimate of drug-likeness (QED) is 0.246. The maximum Gasteiger partial charge on any atom is 0.191 e. The van der Waals surface area contributed by atoms with Gasteiger partial charge in [-0.15, -0.1) is 0 Å². The molecule has 1 aromatic heterocycles. The molecule has 6 heteroatoms. The minimum Gasteiger partial charge on any atom is -0.388 e. The van der Waals surface area contributed by atoms with E-state index in [1.54, 1.807) is 6.20 Å². The fraction of sp³-hybridized carbons (Fsp3) is 0.700. The molecule has 0 unspecified atom stereocenters. The van der Waals surface area contributed by atoms with E-state index in [4.69, 9.17) is 0 Å². The Morgan fingerprint density at radius 1 is 1.08 bits per heavy atom. The molecular weight excluding hydrogens is 326 g/mol. The normalized spacial score (nSPS) is 12.1. The number of hydrogen-bond acceptors (Lipinski definition) is 4. The van der Waals surface area contributed by atoms with Crippen molar-refractivity contribution in [3.8, 4) is 0 Å². The first-order valence-electron chi connectivity index (χ1n) is 10.0. The van der Waals surface area contributed by atoms with Crippen LogP contribution in [-0.4, -0.2) is 47.8 Å². The monoisotopic (exact) mass is 363 g/mol. The van der Waals surface area contributed by atoms with Crippen molar-refractivity contribution in [1.29, 1.82) is 0 Å². The molecule has 4 N–H and O–H groups in total. The molecule has 0 spiro atoms. The summed E-state index contributed by atoms with van der Waals surface area (Å²) in [6.07, 6.45) is 7.42. The van der Waals surface area contributed by atoms with Crippen molar-refractivity contribution in [1.82, 2.24) is 15.6 Å². The van der Waals surface area contributed by atoms with Crippen LogP contribution in [0.3, 0.4) is 0 Å². The van der Waals surface area contributed by atoms with E-state index >= 15 is 0 Å². The molecule has 148 valence electrons. The van der Waals surface area contributed by atoms with Gasteiger partial charge < -0.3 is 21.1 Å². The third kappa shape index (κ3) is 9.61. The molecule has 0 amide bonds. The summed E-state index contributed by atoms with van der Waals surface area (Å²) in [5, 5.41) is 20.6. The summed E-state index contributed by atoms with van der Waals surface area (Å²) in [7, 11) is 0. The first kappa shape index (κ1) is 22.2. The number of aliphatic imine (C=N–C) groups is 1. The second-order valence-corrected chi connectivity index (χ2v) is 6.70. The number of nitrogens with one attached hydrogen (secondary N) is 3. The molecule has 0 saturated carbocycles. The Kier molecular flexibility index (Phi) is 11.4. The maximum atomic E-state index is 10.7. The van der Waals surface area contributed by atoms with E-state index in [-0.39, 0.29) is 0 Å². The van der Waals surface area contributed by atoms with Crippen molar-refractivity contribution < 1.29 is 5.11 Å². The summed E-state index contributed by atoms with van der Waals surface area (Å²) in [5.41, 5.74) is -0.682. The van der Waals surface area contributed by atoms with Crippen LogP contribution < -0.4 is 16.0 Å². The average Bonchev–Trinajstić information content (AvgIpc) is 2.64. The standard InChI is InChI=1S/C20H37N5O/c1-4-12-20(26,13-5-2)17-25-19(21-6-3)24-16-10-9-15-23-18-11-7-8-14-22-18/h7-8,11,14,26H,4-6,9-10,12-13,15-17H2,1-3H3,(H,22,23)(H2,21,24,25). The molecule has 0 aliphatic carbocycles. The summed E-state index contributed by atoms with van der Waals surface area (Å²) in [4.78, 5) is 8.85. The Hall–Kier alpha value is -1.82. The van der Waals surface area contributed by atoms with Crippen LogP contribution in [-0.2, 0) is 0 Å². The number of aromatic nitrogens is 1. The van der Waals surface area contributed by atoms with E-state index in [0.717, 1.165) is 69.9 Å². The SMILES string of the molecule is CCCC(O)(CCC)CN=C(NCC)NCCCCNc1ccccn1. The summed E-state index contributed by atoms with van der Waals surface area (Å²) in [6.45, 7) is 9.28. The van der Waals surface area contributed by atoms with Gasteiger partial charge in [0, 0.05) is 25.8 Å². The van der Waals surface area contributed by atoms with Gasteiger partial charge in [0.2, 0.25) is 0 Å². The van der Waals surface area contributed by atoms with E-state index in [0.29, 0.717) is 6.54 Å². The first-order chi connectivity index (χ1) is 12.6. The van der Waals surface area contributed by atoms with Gasteiger partial charge in [-0.05, 0) is 44.7 Å². The molecule has 1 aromatic rings. The van der Waals surface area contributed by atoms with Crippen LogP contribution in [0.4, 0.5) is 5.82 Å². The average molecular weight is 364 g/mol. The molecule has 0 aromatic carbocycles. The van der Waals surface area contributed by atoms with Gasteiger partial charge in [0.25, 0.3) is 0 Å². The van der Waals surface area contributed by atoms with Crippen molar-refractivity contribution in [3.63, 3.8) is 0 Å². The van der Waals surface area contributed by atoms with Gasteiger partial charge in [-0.2, -0.15) is 0 Å². The van der Waals surface area contributed by atoms with Crippen LogP contribution in [0.15, 0.2) is 29.4 Å². The third-order valence-corrected chi connectivity index (χ3v) is 4.17. The molecule has 0 atom stereocenters. The maximum absolute atomic E-state index is 10.7. The second kappa shape index (κ2) is 13.4. The second-order valence-electron chi connectivity index (χ2n) is 6.70. The zero-order valence-electron chi connectivity index (χ0n) is 16.7. The highest BCUT2D eigenvalue weighted by Crippen LogP contribution is 2.19. The predicted molar refractivity (Wildman–Crippen MR) is 111 cm³/mol. The molecule has 1 rings (SSSR count). The summed E-state index contributed by atoms with van der Waals surface area (Å²) in [5.74, 6) is 1.71. The van der Waals surface area contributed by atoms with Crippen molar-refractivity contribution in [2.75, 3.05) is 31.5 Å². The smallest absolute Gasteiger partial charge is 0.191 e. The molecule has 0 saturated heterocycles. The Labute approximate surface area is 158 Å². The van der Waals surface area contributed by atoms with Crippen LogP contribution in [0, 0.1) is 0 Å². The van der Waals surface area contributed by atoms with E-state index in [2.05, 4.69) is 46.7 Å². The minimum absolute atomic E-state index is 0.450. The third-order valence-electron chi connectivity index (χ3n) is 4.17. The molecule has 0 fully saturated rings. The highest BCUT2D eigenvalue weighted by Gasteiger charge is 2.24. The van der Waals surface area contributed by atoms with E-state index < -0.39 is 5.60 Å². The Morgan fingerprint density at radius 2 is 1.81 bits per heavy atom. The van der Waals surface area contributed by atoms with Gasteiger partial charge >= 0.3 is 0 Å². The summed E-state index contributed by atoms with van der Waals surface area (Å²) < 4.78 is 0. The number of guanidine groups is 1. The lowest BCUT2D eigenvalue weighted by Crippen LogP contribution is -2.40. The van der Waals surface area contributed by atoms with E-state index in [1.165, 1.54) is 0 Å². The van der Waals surface area contributed by atoms with Crippen molar-refractivity contribution in [2.24, 2.45) is 4.99 Å². The molecule has 0 radical (unpaired) electrons. The lowest BCUT2D eigenvalue weighted by Gasteiger charge is -2.26. The van der Waals surface area contributed by atoms with Crippen LogP contribution >= 0.6 is 0 Å². The van der Waals surface area contributed by atoms with Crippen molar-refractivity contribution >= 4 is 11.8 Å². The van der Waals surface area contributed by atoms with Crippen molar-refractivity contribution in [2.45, 2.75) is 64.9 Å². The molecule has 0 aliphatic rings. The molecule has 0 bridgehead atoms. The van der Waals surface area contributed by atoms with Gasteiger partial charge in [-0.25, -0.2) is 4.98 Å². The molecule has 26 heavy (non-hydrogen) atoms. The largest absolute Gasteiger partial charge is 0.388 e. The highest BCUT2D eigenvalue weighted by atomic mass is 16.3. The Balaban J connectivity index is 2.32. The van der Waals surface area contributed by atoms with E-state index in [9.17, 15) is 5.11 Å². The molecule has 1 heterocycles. The van der Waals surface area contributed by atoms with Crippen LogP contribution in [0.5, 0.6) is 0 Å². The Morgan fingerprint density at radius 3 is 2.42 bits per heavy atom. The fourth-order valence-electron chi connectivity index (χ4n) is 2.92. The zero-order chi connectivity index (χ0) is 19.1. The van der Waals surface area contributed by atoms with Gasteiger partial charge in [-0.3, -0.25) is 4.99 Å². The molecular formula is C20H37N5O. The Bertz CT molecular complexity index is 486. The minimum atomic E-state index is -0.682. The number of nitrogens with zero attached hydrogens (tertiary/aromatic N) is 2. The topological polar surface area (TPSA) is 81.6 Å². The predicted octanol–water partition coefficient (Wildman–Crippen LogP) is 3.16.